The lowest BCUT2D eigenvalue weighted by Crippen LogP contribution is -2.35. The topological polar surface area (TPSA) is 41.1 Å². The molecule has 0 aliphatic rings. The lowest BCUT2D eigenvalue weighted by atomic mass is 10.1. The molecular formula is C14H21FN2O. The van der Waals surface area contributed by atoms with Gasteiger partial charge in [0.2, 0.25) is 5.91 Å². The Morgan fingerprint density at radius 1 is 1.33 bits per heavy atom. The Morgan fingerprint density at radius 2 is 2.00 bits per heavy atom. The monoisotopic (exact) mass is 252 g/mol. The van der Waals surface area contributed by atoms with Gasteiger partial charge in [-0.3, -0.25) is 4.79 Å². The van der Waals surface area contributed by atoms with E-state index in [1.165, 1.54) is 12.1 Å². The van der Waals surface area contributed by atoms with Crippen LogP contribution in [0.3, 0.4) is 0 Å². The number of carbonyl (C=O) groups excluding carboxylic acids is 1. The average molecular weight is 252 g/mol. The molecule has 1 aromatic rings. The van der Waals surface area contributed by atoms with Crippen molar-refractivity contribution in [3.63, 3.8) is 0 Å². The summed E-state index contributed by atoms with van der Waals surface area (Å²) in [5.41, 5.74) is 0.970. The Morgan fingerprint density at radius 3 is 2.61 bits per heavy atom. The SMILES string of the molecule is CCCCNC(=O)CN[C@@H](C)c1ccc(F)cc1. The third-order valence-electron chi connectivity index (χ3n) is 2.79. The average Bonchev–Trinajstić information content (AvgIpc) is 2.37. The van der Waals surface area contributed by atoms with Crippen LogP contribution < -0.4 is 10.6 Å². The molecule has 1 aromatic carbocycles. The van der Waals surface area contributed by atoms with Gasteiger partial charge in [-0.1, -0.05) is 25.5 Å². The second-order valence-electron chi connectivity index (χ2n) is 4.36. The van der Waals surface area contributed by atoms with Crippen molar-refractivity contribution in [2.45, 2.75) is 32.7 Å². The number of carbonyl (C=O) groups is 1. The van der Waals surface area contributed by atoms with E-state index in [4.69, 9.17) is 0 Å². The number of amides is 1. The molecule has 0 spiro atoms. The summed E-state index contributed by atoms with van der Waals surface area (Å²) >= 11 is 0. The Balaban J connectivity index is 2.30. The molecule has 2 N–H and O–H groups in total. The molecule has 1 atom stereocenters. The fourth-order valence-corrected chi connectivity index (χ4v) is 1.58. The zero-order valence-corrected chi connectivity index (χ0v) is 11.0. The first-order valence-corrected chi connectivity index (χ1v) is 6.39. The molecule has 0 aromatic heterocycles. The van der Waals surface area contributed by atoms with Gasteiger partial charge in [0.25, 0.3) is 0 Å². The minimum Gasteiger partial charge on any atom is -0.355 e. The summed E-state index contributed by atoms with van der Waals surface area (Å²) in [6.07, 6.45) is 2.07. The van der Waals surface area contributed by atoms with Crippen LogP contribution in [0.5, 0.6) is 0 Å². The van der Waals surface area contributed by atoms with Crippen LogP contribution in [0.2, 0.25) is 0 Å². The highest BCUT2D eigenvalue weighted by Crippen LogP contribution is 2.12. The van der Waals surface area contributed by atoms with Gasteiger partial charge in [-0.15, -0.1) is 0 Å². The summed E-state index contributed by atoms with van der Waals surface area (Å²) in [5.74, 6) is -0.249. The maximum Gasteiger partial charge on any atom is 0.233 e. The second kappa shape index (κ2) is 7.82. The Labute approximate surface area is 108 Å². The Hall–Kier alpha value is -1.42. The summed E-state index contributed by atoms with van der Waals surface area (Å²) < 4.78 is 12.8. The highest BCUT2D eigenvalue weighted by Gasteiger charge is 2.07. The van der Waals surface area contributed by atoms with Gasteiger partial charge in [-0.2, -0.15) is 0 Å². The number of unbranched alkanes of at least 4 members (excludes halogenated alkanes) is 1. The van der Waals surface area contributed by atoms with E-state index in [9.17, 15) is 9.18 Å². The zero-order valence-electron chi connectivity index (χ0n) is 11.0. The summed E-state index contributed by atoms with van der Waals surface area (Å²) in [7, 11) is 0. The molecule has 0 saturated heterocycles. The maximum atomic E-state index is 12.8. The van der Waals surface area contributed by atoms with Crippen molar-refractivity contribution in [3.8, 4) is 0 Å². The number of halogens is 1. The molecule has 100 valence electrons. The van der Waals surface area contributed by atoms with E-state index < -0.39 is 0 Å². The zero-order chi connectivity index (χ0) is 13.4. The lowest BCUT2D eigenvalue weighted by Gasteiger charge is -2.14. The van der Waals surface area contributed by atoms with E-state index in [0.717, 1.165) is 24.9 Å². The van der Waals surface area contributed by atoms with Crippen LogP contribution in [-0.4, -0.2) is 19.0 Å². The molecule has 18 heavy (non-hydrogen) atoms. The molecule has 0 aliphatic heterocycles. The van der Waals surface area contributed by atoms with Crippen LogP contribution in [0.15, 0.2) is 24.3 Å². The lowest BCUT2D eigenvalue weighted by molar-refractivity contribution is -0.120. The highest BCUT2D eigenvalue weighted by molar-refractivity contribution is 5.77. The number of benzene rings is 1. The highest BCUT2D eigenvalue weighted by atomic mass is 19.1. The van der Waals surface area contributed by atoms with E-state index in [0.29, 0.717) is 0 Å². The summed E-state index contributed by atoms with van der Waals surface area (Å²) in [4.78, 5) is 11.5. The predicted octanol–water partition coefficient (Wildman–Crippen LogP) is 2.39. The summed E-state index contributed by atoms with van der Waals surface area (Å²) in [6, 6.07) is 6.33. The quantitative estimate of drug-likeness (QED) is 0.732. The van der Waals surface area contributed by atoms with Crippen LogP contribution >= 0.6 is 0 Å². The molecule has 0 bridgehead atoms. The van der Waals surface area contributed by atoms with Crippen molar-refractivity contribution in [2.24, 2.45) is 0 Å². The van der Waals surface area contributed by atoms with E-state index in [1.54, 1.807) is 12.1 Å². The van der Waals surface area contributed by atoms with E-state index in [1.807, 2.05) is 6.92 Å². The van der Waals surface area contributed by atoms with Crippen LogP contribution in [-0.2, 0) is 4.79 Å². The van der Waals surface area contributed by atoms with Gasteiger partial charge in [0.15, 0.2) is 0 Å². The van der Waals surface area contributed by atoms with Crippen LogP contribution in [0, 0.1) is 5.82 Å². The normalized spacial score (nSPS) is 12.2. The van der Waals surface area contributed by atoms with Gasteiger partial charge in [-0.25, -0.2) is 4.39 Å². The van der Waals surface area contributed by atoms with Crippen molar-refractivity contribution in [1.82, 2.24) is 10.6 Å². The first-order valence-electron chi connectivity index (χ1n) is 6.39. The summed E-state index contributed by atoms with van der Waals surface area (Å²) in [5, 5.41) is 5.95. The minimum atomic E-state index is -0.247. The van der Waals surface area contributed by atoms with Gasteiger partial charge >= 0.3 is 0 Å². The number of nitrogens with one attached hydrogen (secondary N) is 2. The Bertz CT molecular complexity index is 365. The van der Waals surface area contributed by atoms with Crippen LogP contribution in [0.25, 0.3) is 0 Å². The fraction of sp³-hybridized carbons (Fsp3) is 0.500. The first kappa shape index (κ1) is 14.6. The largest absolute Gasteiger partial charge is 0.355 e. The third-order valence-corrected chi connectivity index (χ3v) is 2.79. The molecule has 0 aliphatic carbocycles. The molecule has 0 saturated carbocycles. The molecule has 1 amide bonds. The minimum absolute atomic E-state index is 0.00240. The standard InChI is InChI=1S/C14H21FN2O/c1-3-4-9-16-14(18)10-17-11(2)12-5-7-13(15)8-6-12/h5-8,11,17H,3-4,9-10H2,1-2H3,(H,16,18)/t11-/m0/s1. The molecule has 4 heteroatoms. The molecule has 0 heterocycles. The van der Waals surface area contributed by atoms with Crippen molar-refractivity contribution in [2.75, 3.05) is 13.1 Å². The number of hydrogen-bond donors (Lipinski definition) is 2. The van der Waals surface area contributed by atoms with Gasteiger partial charge in [0.1, 0.15) is 5.82 Å². The van der Waals surface area contributed by atoms with Gasteiger partial charge < -0.3 is 10.6 Å². The first-order chi connectivity index (χ1) is 8.63. The van der Waals surface area contributed by atoms with E-state index >= 15 is 0 Å². The summed E-state index contributed by atoms with van der Waals surface area (Å²) in [6.45, 7) is 5.04. The molecule has 0 radical (unpaired) electrons. The predicted molar refractivity (Wildman–Crippen MR) is 70.7 cm³/mol. The molecular weight excluding hydrogens is 231 g/mol. The maximum absolute atomic E-state index is 12.8. The van der Waals surface area contributed by atoms with Gasteiger partial charge in [-0.05, 0) is 31.0 Å². The number of rotatable bonds is 7. The number of hydrogen-bond acceptors (Lipinski definition) is 2. The van der Waals surface area contributed by atoms with E-state index in [2.05, 4.69) is 17.6 Å². The van der Waals surface area contributed by atoms with Crippen molar-refractivity contribution >= 4 is 5.91 Å². The van der Waals surface area contributed by atoms with Crippen molar-refractivity contribution in [1.29, 1.82) is 0 Å². The Kier molecular flexibility index (Phi) is 6.36. The van der Waals surface area contributed by atoms with Crippen molar-refractivity contribution in [3.05, 3.63) is 35.6 Å². The molecule has 0 unspecified atom stereocenters. The van der Waals surface area contributed by atoms with Crippen LogP contribution in [0.4, 0.5) is 4.39 Å². The molecule has 1 rings (SSSR count). The smallest absolute Gasteiger partial charge is 0.233 e. The molecule has 3 nitrogen and oxygen atoms in total. The fourth-order valence-electron chi connectivity index (χ4n) is 1.58. The third kappa shape index (κ3) is 5.27. The van der Waals surface area contributed by atoms with Crippen LogP contribution in [0.1, 0.15) is 38.3 Å². The second-order valence-corrected chi connectivity index (χ2v) is 4.36. The molecule has 0 fully saturated rings. The van der Waals surface area contributed by atoms with E-state index in [-0.39, 0.29) is 24.3 Å². The van der Waals surface area contributed by atoms with Crippen molar-refractivity contribution < 1.29 is 9.18 Å². The van der Waals surface area contributed by atoms with Gasteiger partial charge in [0, 0.05) is 12.6 Å². The van der Waals surface area contributed by atoms with Gasteiger partial charge in [0.05, 0.1) is 6.54 Å².